The second-order valence-corrected chi connectivity index (χ2v) is 6.63. The zero-order valence-corrected chi connectivity index (χ0v) is 14.4. The summed E-state index contributed by atoms with van der Waals surface area (Å²) in [7, 11) is 2.04. The van der Waals surface area contributed by atoms with E-state index in [-0.39, 0.29) is 5.92 Å². The molecule has 1 aliphatic rings. The third kappa shape index (κ3) is 3.65. The molecule has 2 aromatic rings. The minimum Gasteiger partial charge on any atom is -0.465 e. The molecule has 0 aliphatic heterocycles. The molecule has 0 radical (unpaired) electrons. The van der Waals surface area contributed by atoms with E-state index in [1.165, 1.54) is 11.1 Å². The molecule has 126 valence electrons. The minimum atomic E-state index is -0.957. The molecule has 0 aromatic heterocycles. The van der Waals surface area contributed by atoms with Crippen molar-refractivity contribution < 1.29 is 9.90 Å². The first-order valence-corrected chi connectivity index (χ1v) is 8.51. The van der Waals surface area contributed by atoms with Gasteiger partial charge in [0.15, 0.2) is 0 Å². The van der Waals surface area contributed by atoms with Crippen LogP contribution in [0.5, 0.6) is 0 Å². The Morgan fingerprint density at radius 1 is 1.25 bits per heavy atom. The van der Waals surface area contributed by atoms with E-state index in [1.54, 1.807) is 0 Å². The fourth-order valence-corrected chi connectivity index (χ4v) is 3.47. The summed E-state index contributed by atoms with van der Waals surface area (Å²) in [5, 5.41) is 12.1. The fourth-order valence-electron chi connectivity index (χ4n) is 3.35. The van der Waals surface area contributed by atoms with Gasteiger partial charge in [-0.1, -0.05) is 17.7 Å². The molecule has 0 saturated heterocycles. The molecule has 5 heteroatoms. The minimum absolute atomic E-state index is 0.264. The van der Waals surface area contributed by atoms with Crippen LogP contribution in [0, 0.1) is 0 Å². The van der Waals surface area contributed by atoms with Gasteiger partial charge in [0, 0.05) is 35.9 Å². The first kappa shape index (κ1) is 16.7. The van der Waals surface area contributed by atoms with Crippen molar-refractivity contribution in [3.63, 3.8) is 0 Å². The van der Waals surface area contributed by atoms with E-state index in [0.717, 1.165) is 35.7 Å². The Morgan fingerprint density at radius 3 is 2.67 bits per heavy atom. The first-order valence-electron chi connectivity index (χ1n) is 8.13. The lowest BCUT2D eigenvalue weighted by atomic mass is 9.82. The van der Waals surface area contributed by atoms with Crippen LogP contribution in [0.1, 0.15) is 29.9 Å². The highest BCUT2D eigenvalue weighted by atomic mass is 35.5. The lowest BCUT2D eigenvalue weighted by Gasteiger charge is -2.28. The fraction of sp³-hybridized carbons (Fsp3) is 0.316. The lowest BCUT2D eigenvalue weighted by Crippen LogP contribution is -2.28. The quantitative estimate of drug-likeness (QED) is 0.838. The van der Waals surface area contributed by atoms with Crippen LogP contribution in [0.3, 0.4) is 0 Å². The normalized spacial score (nSPS) is 16.3. The van der Waals surface area contributed by atoms with Gasteiger partial charge in [0.25, 0.3) is 0 Å². The maximum Gasteiger partial charge on any atom is 0.404 e. The summed E-state index contributed by atoms with van der Waals surface area (Å²) in [5.74, 6) is 0.264. The largest absolute Gasteiger partial charge is 0.465 e. The van der Waals surface area contributed by atoms with E-state index < -0.39 is 6.09 Å². The van der Waals surface area contributed by atoms with Gasteiger partial charge in [-0.15, -0.1) is 0 Å². The van der Waals surface area contributed by atoms with Crippen molar-refractivity contribution >= 4 is 29.1 Å². The molecular weight excluding hydrogens is 324 g/mol. The summed E-state index contributed by atoms with van der Waals surface area (Å²) in [6.07, 6.45) is 2.20. The number of nitrogens with zero attached hydrogens (tertiary/aromatic N) is 1. The van der Waals surface area contributed by atoms with Gasteiger partial charge in [-0.05, 0) is 66.8 Å². The molecular formula is C19H21ClN2O2. The van der Waals surface area contributed by atoms with Gasteiger partial charge < -0.3 is 15.3 Å². The Labute approximate surface area is 147 Å². The second kappa shape index (κ2) is 7.14. The predicted molar refractivity (Wildman–Crippen MR) is 97.7 cm³/mol. The molecule has 0 spiro atoms. The summed E-state index contributed by atoms with van der Waals surface area (Å²) in [6.45, 7) is 0.481. The Balaban J connectivity index is 1.82. The molecule has 4 nitrogen and oxygen atoms in total. The molecule has 2 aromatic carbocycles. The number of amides is 1. The molecule has 0 bridgehead atoms. The van der Waals surface area contributed by atoms with Gasteiger partial charge in [0.05, 0.1) is 0 Å². The average Bonchev–Trinajstić information content (AvgIpc) is 2.59. The van der Waals surface area contributed by atoms with Gasteiger partial charge in [-0.3, -0.25) is 0 Å². The Hall–Kier alpha value is -2.20. The molecule has 1 amide bonds. The molecule has 3 rings (SSSR count). The number of fused-ring (bicyclic) bond motifs is 1. The molecule has 2 N–H and O–H groups in total. The number of nitrogens with one attached hydrogen (secondary N) is 1. The number of hydrogen-bond donors (Lipinski definition) is 2. The van der Waals surface area contributed by atoms with Crippen molar-refractivity contribution in [3.05, 3.63) is 58.6 Å². The van der Waals surface area contributed by atoms with Crippen LogP contribution in [0.4, 0.5) is 16.2 Å². The lowest BCUT2D eigenvalue weighted by molar-refractivity contribution is 0.193. The highest BCUT2D eigenvalue weighted by Crippen LogP contribution is 2.35. The monoisotopic (exact) mass is 344 g/mol. The zero-order valence-electron chi connectivity index (χ0n) is 13.6. The highest BCUT2D eigenvalue weighted by Gasteiger charge is 2.21. The van der Waals surface area contributed by atoms with Crippen molar-refractivity contribution in [1.82, 2.24) is 5.32 Å². The number of hydrogen-bond acceptors (Lipinski definition) is 2. The number of aryl methyl sites for hydroxylation is 1. The van der Waals surface area contributed by atoms with E-state index in [1.807, 2.05) is 31.3 Å². The van der Waals surface area contributed by atoms with E-state index >= 15 is 0 Å². The number of benzene rings is 2. The predicted octanol–water partition coefficient (Wildman–Crippen LogP) is 4.80. The Kier molecular flexibility index (Phi) is 4.95. The third-order valence-corrected chi connectivity index (χ3v) is 4.92. The van der Waals surface area contributed by atoms with Gasteiger partial charge in [0.2, 0.25) is 0 Å². The molecule has 1 atom stereocenters. The van der Waals surface area contributed by atoms with Crippen LogP contribution in [0.15, 0.2) is 42.5 Å². The van der Waals surface area contributed by atoms with Gasteiger partial charge in [-0.2, -0.15) is 0 Å². The van der Waals surface area contributed by atoms with E-state index in [4.69, 9.17) is 16.7 Å². The first-order chi connectivity index (χ1) is 11.5. The van der Waals surface area contributed by atoms with Crippen molar-refractivity contribution in [1.29, 1.82) is 0 Å². The number of anilines is 2. The van der Waals surface area contributed by atoms with Crippen molar-refractivity contribution in [2.45, 2.75) is 25.2 Å². The van der Waals surface area contributed by atoms with E-state index in [2.05, 4.69) is 28.4 Å². The van der Waals surface area contributed by atoms with Crippen molar-refractivity contribution in [2.75, 3.05) is 18.5 Å². The smallest absolute Gasteiger partial charge is 0.404 e. The van der Waals surface area contributed by atoms with Gasteiger partial charge in [0.1, 0.15) is 0 Å². The average molecular weight is 345 g/mol. The van der Waals surface area contributed by atoms with Gasteiger partial charge in [-0.25, -0.2) is 4.79 Å². The third-order valence-electron chi connectivity index (χ3n) is 4.67. The molecule has 0 unspecified atom stereocenters. The van der Waals surface area contributed by atoms with Crippen molar-refractivity contribution in [2.24, 2.45) is 0 Å². The standard InChI is InChI=1S/C19H21ClN2O2/c1-22(16-7-5-15(20)6-8-16)17-9-10-18-13(11-17)3-2-4-14(18)12-21-19(23)24/h5-11,14,21H,2-4,12H2,1H3,(H,23,24)/t14-/m0/s1. The summed E-state index contributed by atoms with van der Waals surface area (Å²) in [4.78, 5) is 12.9. The summed E-state index contributed by atoms with van der Waals surface area (Å²) in [5.41, 5.74) is 4.79. The van der Waals surface area contributed by atoms with E-state index in [0.29, 0.717) is 6.54 Å². The van der Waals surface area contributed by atoms with Crippen LogP contribution < -0.4 is 10.2 Å². The number of carboxylic acid groups (broad SMARTS) is 1. The highest BCUT2D eigenvalue weighted by molar-refractivity contribution is 6.30. The van der Waals surface area contributed by atoms with Crippen LogP contribution in [0.2, 0.25) is 5.02 Å². The van der Waals surface area contributed by atoms with Gasteiger partial charge >= 0.3 is 6.09 Å². The van der Waals surface area contributed by atoms with E-state index in [9.17, 15) is 4.79 Å². The summed E-state index contributed by atoms with van der Waals surface area (Å²) < 4.78 is 0. The molecule has 0 saturated carbocycles. The second-order valence-electron chi connectivity index (χ2n) is 6.19. The molecule has 0 fully saturated rings. The van der Waals surface area contributed by atoms with Crippen LogP contribution in [-0.2, 0) is 6.42 Å². The SMILES string of the molecule is CN(c1ccc(Cl)cc1)c1ccc2c(c1)CCC[C@H]2CNC(=O)O. The summed E-state index contributed by atoms with van der Waals surface area (Å²) >= 11 is 5.96. The maximum absolute atomic E-state index is 10.8. The molecule has 1 aliphatic carbocycles. The molecule has 24 heavy (non-hydrogen) atoms. The Morgan fingerprint density at radius 2 is 1.96 bits per heavy atom. The Bertz CT molecular complexity index is 731. The topological polar surface area (TPSA) is 52.6 Å². The van der Waals surface area contributed by atoms with Crippen LogP contribution >= 0.6 is 11.6 Å². The zero-order chi connectivity index (χ0) is 17.1. The van der Waals surface area contributed by atoms with Crippen molar-refractivity contribution in [3.8, 4) is 0 Å². The number of carbonyl (C=O) groups is 1. The summed E-state index contributed by atoms with van der Waals surface area (Å²) in [6, 6.07) is 14.2. The van der Waals surface area contributed by atoms with Crippen LogP contribution in [-0.4, -0.2) is 24.8 Å². The van der Waals surface area contributed by atoms with Crippen LogP contribution in [0.25, 0.3) is 0 Å². The maximum atomic E-state index is 10.8. The number of rotatable bonds is 4. The molecule has 0 heterocycles. The number of halogens is 1.